The molecule has 0 aliphatic heterocycles. The molecule has 6 aromatic heterocycles. The summed E-state index contributed by atoms with van der Waals surface area (Å²) in [4.78, 5) is 38.1. The van der Waals surface area contributed by atoms with Gasteiger partial charge in [0.2, 0.25) is 0 Å². The maximum absolute atomic E-state index is 5.67. The number of para-hydroxylation sites is 3. The molecule has 0 saturated carbocycles. The molecule has 0 unspecified atom stereocenters. The first-order valence-corrected chi connectivity index (χ1v) is 40.8. The summed E-state index contributed by atoms with van der Waals surface area (Å²) >= 11 is 0. The predicted molar refractivity (Wildman–Crippen MR) is 501 cm³/mol. The van der Waals surface area contributed by atoms with Gasteiger partial charge in [-0.15, -0.1) is 0 Å². The van der Waals surface area contributed by atoms with Crippen molar-refractivity contribution in [1.82, 2.24) is 34.9 Å². The van der Waals surface area contributed by atoms with Gasteiger partial charge in [-0.25, -0.2) is 34.9 Å². The number of hydrogen-bond acceptors (Lipinski definition) is 7. The van der Waals surface area contributed by atoms with E-state index < -0.39 is 0 Å². The van der Waals surface area contributed by atoms with Crippen LogP contribution in [0.15, 0.2) is 406 Å². The zero-order valence-corrected chi connectivity index (χ0v) is 64.8. The molecule has 0 fully saturated rings. The molecule has 18 aromatic carbocycles. The lowest BCUT2D eigenvalue weighted by atomic mass is 9.90. The molecule has 0 radical (unpaired) electrons. The fraction of sp³-hybridized carbons (Fsp3) is 0. The number of aromatic nitrogens is 7. The van der Waals surface area contributed by atoms with E-state index in [2.05, 4.69) is 400 Å². The van der Waals surface area contributed by atoms with Crippen LogP contribution >= 0.6 is 0 Å². The smallest absolute Gasteiger partial charge is 0.160 e. The molecule has 0 aliphatic carbocycles. The molecule has 0 amide bonds. The van der Waals surface area contributed by atoms with E-state index in [0.29, 0.717) is 5.82 Å². The number of nitrogens with zero attached hydrogens (tertiary/aromatic N) is 7. The number of hydrogen-bond donors (Lipinski definition) is 0. The second-order valence-electron chi connectivity index (χ2n) is 31.4. The predicted octanol–water partition coefficient (Wildman–Crippen LogP) is 29.6. The molecular formula is C113H67N7. The van der Waals surface area contributed by atoms with Gasteiger partial charge in [-0.3, -0.25) is 0 Å². The van der Waals surface area contributed by atoms with Crippen LogP contribution in [0.1, 0.15) is 0 Å². The minimum absolute atomic E-state index is 0.646. The van der Waals surface area contributed by atoms with Crippen molar-refractivity contribution in [3.8, 4) is 124 Å². The maximum Gasteiger partial charge on any atom is 0.160 e. The summed E-state index contributed by atoms with van der Waals surface area (Å²) in [6.45, 7) is 0. The van der Waals surface area contributed by atoms with Gasteiger partial charge < -0.3 is 0 Å². The highest BCUT2D eigenvalue weighted by atomic mass is 14.9. The number of fused-ring (bicyclic) bond motifs is 16. The van der Waals surface area contributed by atoms with Crippen molar-refractivity contribution in [3.05, 3.63) is 406 Å². The fourth-order valence-corrected chi connectivity index (χ4v) is 18.3. The van der Waals surface area contributed by atoms with Crippen molar-refractivity contribution in [2.24, 2.45) is 0 Å². The van der Waals surface area contributed by atoms with Crippen LogP contribution in [-0.2, 0) is 0 Å². The second kappa shape index (κ2) is 27.8. The SMILES string of the molecule is c1ccc2cc(-c3cc(-c4ccc5c(-c6ccc7ccc(-c8ccc(-c9cc(-c%10ccc(-c%11ccc%12ccccc%12n%11)cc%10)nc(-c%10cc%11c(-c%12ccc%13ccccc%13c%12)nc%12ccccc%12c%11c%11ccccc%10%11)c9)cc8)nc7c6)cccc5c4)nc(-c4ccc5ccc6c(-c7ccc8ccccc8c7)nc7ccccc7c6c5c4)n3)ccc2c1. The molecule has 24 rings (SSSR count). The highest BCUT2D eigenvalue weighted by molar-refractivity contribution is 6.26. The minimum Gasteiger partial charge on any atom is -0.248 e. The molecule has 0 saturated heterocycles. The number of rotatable bonds is 11. The Labute approximate surface area is 690 Å². The van der Waals surface area contributed by atoms with Crippen LogP contribution in [-0.4, -0.2) is 34.9 Å². The first kappa shape index (κ1) is 68.3. The van der Waals surface area contributed by atoms with Gasteiger partial charge in [-0.1, -0.05) is 315 Å². The molecule has 554 valence electrons. The monoisotopic (exact) mass is 1520 g/mol. The van der Waals surface area contributed by atoms with E-state index in [-0.39, 0.29) is 0 Å². The Hall–Kier alpha value is -16.1. The van der Waals surface area contributed by atoms with E-state index in [0.717, 1.165) is 215 Å². The van der Waals surface area contributed by atoms with E-state index in [4.69, 9.17) is 34.9 Å². The zero-order valence-electron chi connectivity index (χ0n) is 64.8. The quantitative estimate of drug-likeness (QED) is 0.119. The van der Waals surface area contributed by atoms with Gasteiger partial charge in [-0.05, 0) is 178 Å². The Morgan fingerprint density at radius 2 is 0.550 bits per heavy atom. The average Bonchev–Trinajstić information content (AvgIpc) is 0.728. The molecule has 0 bridgehead atoms. The lowest BCUT2D eigenvalue weighted by Crippen LogP contribution is -1.97. The molecule has 120 heavy (non-hydrogen) atoms. The minimum atomic E-state index is 0.646. The standard InChI is InChI=1S/C113H67N7/c1-4-20-78-58-83(46-34-68(78)16-1)106-67-107(120-113(119-106)87-49-37-72-50-55-95-110(96(72)62-87)94-27-11-14-31-103(94)117-111(95)85-47-35-69-17-2-5-21-79(69)59-85)84-51-54-90-81(61-84)23-15-28-89(90)82-45-44-77-53-57-101(115-104(77)63-82)74-38-32-71(33-39-74)88-64-105(76-42-40-75(41-43-76)100-56-52-73-19-7-12-29-99(73)114-100)116-108(65-88)97-66-98-109(92-25-9-8-24-91(92)97)93-26-10-13-30-102(93)118-112(98)86-48-36-70-18-3-6-22-80(70)60-86/h1-67H. The molecule has 7 heteroatoms. The topological polar surface area (TPSA) is 90.2 Å². The lowest BCUT2D eigenvalue weighted by Gasteiger charge is -2.17. The van der Waals surface area contributed by atoms with Crippen LogP contribution in [0.5, 0.6) is 0 Å². The van der Waals surface area contributed by atoms with E-state index in [1.54, 1.807) is 0 Å². The highest BCUT2D eigenvalue weighted by Gasteiger charge is 2.23. The Kier molecular flexibility index (Phi) is 15.9. The average molecular weight is 1520 g/mol. The van der Waals surface area contributed by atoms with Gasteiger partial charge in [0.05, 0.1) is 67.6 Å². The molecule has 0 atom stereocenters. The molecule has 6 heterocycles. The largest absolute Gasteiger partial charge is 0.248 e. The molecule has 0 spiro atoms. The summed E-state index contributed by atoms with van der Waals surface area (Å²) in [7, 11) is 0. The van der Waals surface area contributed by atoms with Crippen molar-refractivity contribution in [3.63, 3.8) is 0 Å². The van der Waals surface area contributed by atoms with Crippen molar-refractivity contribution in [2.75, 3.05) is 0 Å². The third kappa shape index (κ3) is 11.9. The van der Waals surface area contributed by atoms with Crippen LogP contribution < -0.4 is 0 Å². The number of benzene rings is 18. The van der Waals surface area contributed by atoms with Crippen molar-refractivity contribution < 1.29 is 0 Å². The van der Waals surface area contributed by atoms with Crippen LogP contribution in [0.4, 0.5) is 0 Å². The lowest BCUT2D eigenvalue weighted by molar-refractivity contribution is 1.19. The van der Waals surface area contributed by atoms with Crippen LogP contribution in [0, 0.1) is 0 Å². The number of pyridine rings is 5. The van der Waals surface area contributed by atoms with Crippen LogP contribution in [0.3, 0.4) is 0 Å². The van der Waals surface area contributed by atoms with E-state index in [9.17, 15) is 0 Å². The van der Waals surface area contributed by atoms with Crippen molar-refractivity contribution in [2.45, 2.75) is 0 Å². The van der Waals surface area contributed by atoms with Gasteiger partial charge in [0.25, 0.3) is 0 Å². The van der Waals surface area contributed by atoms with Gasteiger partial charge in [0, 0.05) is 93.2 Å². The fourth-order valence-electron chi connectivity index (χ4n) is 18.3. The van der Waals surface area contributed by atoms with Crippen LogP contribution in [0.2, 0.25) is 0 Å². The third-order valence-corrected chi connectivity index (χ3v) is 24.3. The molecule has 0 aliphatic rings. The molecule has 7 nitrogen and oxygen atoms in total. The third-order valence-electron chi connectivity index (χ3n) is 24.3. The van der Waals surface area contributed by atoms with E-state index >= 15 is 0 Å². The summed E-state index contributed by atoms with van der Waals surface area (Å²) in [5.74, 6) is 0.646. The van der Waals surface area contributed by atoms with Gasteiger partial charge >= 0.3 is 0 Å². The maximum atomic E-state index is 5.67. The Bertz CT molecular complexity index is 8420. The zero-order chi connectivity index (χ0) is 78.9. The van der Waals surface area contributed by atoms with Gasteiger partial charge in [0.15, 0.2) is 5.82 Å². The molecule has 0 N–H and O–H groups in total. The Balaban J connectivity index is 0.587. The Morgan fingerprint density at radius 3 is 1.20 bits per heavy atom. The first-order chi connectivity index (χ1) is 59.4. The van der Waals surface area contributed by atoms with E-state index in [1.165, 1.54) is 32.3 Å². The first-order valence-electron chi connectivity index (χ1n) is 40.8. The summed E-state index contributed by atoms with van der Waals surface area (Å²) < 4.78 is 0. The summed E-state index contributed by atoms with van der Waals surface area (Å²) in [5, 5.41) is 22.7. The summed E-state index contributed by atoms with van der Waals surface area (Å²) in [6.07, 6.45) is 0. The molecular weight excluding hydrogens is 1460 g/mol. The Morgan fingerprint density at radius 1 is 0.133 bits per heavy atom. The van der Waals surface area contributed by atoms with Gasteiger partial charge in [-0.2, -0.15) is 0 Å². The van der Waals surface area contributed by atoms with Gasteiger partial charge in [0.1, 0.15) is 0 Å². The summed E-state index contributed by atoms with van der Waals surface area (Å²) in [5.41, 5.74) is 24.3. The van der Waals surface area contributed by atoms with Crippen molar-refractivity contribution >= 4 is 130 Å². The van der Waals surface area contributed by atoms with Crippen LogP contribution in [0.25, 0.3) is 253 Å². The second-order valence-corrected chi connectivity index (χ2v) is 31.4. The van der Waals surface area contributed by atoms with E-state index in [1.807, 2.05) is 6.07 Å². The van der Waals surface area contributed by atoms with Crippen molar-refractivity contribution in [1.29, 1.82) is 0 Å². The normalized spacial score (nSPS) is 11.8. The molecule has 24 aromatic rings. The summed E-state index contributed by atoms with van der Waals surface area (Å²) in [6, 6.07) is 146. The highest BCUT2D eigenvalue weighted by Crippen LogP contribution is 2.46.